The van der Waals surface area contributed by atoms with Gasteiger partial charge in [-0.2, -0.15) is 0 Å². The van der Waals surface area contributed by atoms with Crippen molar-refractivity contribution in [3.63, 3.8) is 0 Å². The molecule has 0 bridgehead atoms. The Labute approximate surface area is 82.7 Å². The molecule has 1 aliphatic carbocycles. The van der Waals surface area contributed by atoms with Crippen LogP contribution in [0, 0.1) is 0 Å². The molecule has 0 saturated heterocycles. The topological polar surface area (TPSA) is 17.1 Å². The number of halogens is 1. The first kappa shape index (κ1) is 8.76. The van der Waals surface area contributed by atoms with Crippen molar-refractivity contribution in [3.05, 3.63) is 33.8 Å². The second-order valence-corrected chi connectivity index (χ2v) is 3.87. The number of aryl methyl sites for hydroxylation is 1. The maximum Gasteiger partial charge on any atom is 0.150 e. The van der Waals surface area contributed by atoms with Crippen LogP contribution in [-0.2, 0) is 12.8 Å². The summed E-state index contributed by atoms with van der Waals surface area (Å²) in [5.74, 6) is 0. The Morgan fingerprint density at radius 3 is 2.77 bits per heavy atom. The SMILES string of the molecule is O=Cc1cc(Cl)c2c(c1)CCCC2. The number of fused-ring (bicyclic) bond motifs is 1. The molecule has 0 aromatic heterocycles. The fourth-order valence-electron chi connectivity index (χ4n) is 1.91. The van der Waals surface area contributed by atoms with E-state index in [-0.39, 0.29) is 0 Å². The number of benzene rings is 1. The summed E-state index contributed by atoms with van der Waals surface area (Å²) < 4.78 is 0. The predicted octanol–water partition coefficient (Wildman–Crippen LogP) is 3.03. The van der Waals surface area contributed by atoms with Crippen LogP contribution in [0.25, 0.3) is 0 Å². The number of hydrogen-bond donors (Lipinski definition) is 0. The molecule has 0 N–H and O–H groups in total. The molecule has 0 aliphatic heterocycles. The van der Waals surface area contributed by atoms with E-state index >= 15 is 0 Å². The molecular formula is C11H11ClO. The summed E-state index contributed by atoms with van der Waals surface area (Å²) in [5, 5.41) is 0.763. The van der Waals surface area contributed by atoms with E-state index in [9.17, 15) is 4.79 Å². The Morgan fingerprint density at radius 1 is 1.23 bits per heavy atom. The fourth-order valence-corrected chi connectivity index (χ4v) is 2.25. The van der Waals surface area contributed by atoms with E-state index in [0.717, 1.165) is 24.2 Å². The second kappa shape index (κ2) is 3.51. The molecule has 2 heteroatoms. The number of carbonyl (C=O) groups is 1. The van der Waals surface area contributed by atoms with Crippen molar-refractivity contribution in [2.24, 2.45) is 0 Å². The standard InChI is InChI=1S/C11H11ClO/c12-11-6-8(7-13)5-9-3-1-2-4-10(9)11/h5-7H,1-4H2. The molecule has 0 spiro atoms. The maximum absolute atomic E-state index is 10.6. The lowest BCUT2D eigenvalue weighted by atomic mass is 9.90. The summed E-state index contributed by atoms with van der Waals surface area (Å²) in [4.78, 5) is 10.6. The molecule has 1 aliphatic rings. The van der Waals surface area contributed by atoms with Crippen LogP contribution in [0.1, 0.15) is 34.3 Å². The van der Waals surface area contributed by atoms with E-state index < -0.39 is 0 Å². The molecule has 0 heterocycles. The summed E-state index contributed by atoms with van der Waals surface area (Å²) >= 11 is 6.07. The van der Waals surface area contributed by atoms with Crippen molar-refractivity contribution in [3.8, 4) is 0 Å². The van der Waals surface area contributed by atoms with Gasteiger partial charge in [0.1, 0.15) is 6.29 Å². The molecule has 0 saturated carbocycles. The van der Waals surface area contributed by atoms with Gasteiger partial charge in [0.15, 0.2) is 0 Å². The highest BCUT2D eigenvalue weighted by molar-refractivity contribution is 6.31. The highest BCUT2D eigenvalue weighted by Gasteiger charge is 2.13. The Kier molecular flexibility index (Phi) is 2.36. The van der Waals surface area contributed by atoms with E-state index in [1.54, 1.807) is 6.07 Å². The van der Waals surface area contributed by atoms with Gasteiger partial charge in [0.25, 0.3) is 0 Å². The molecule has 1 aromatic carbocycles. The van der Waals surface area contributed by atoms with Gasteiger partial charge < -0.3 is 0 Å². The van der Waals surface area contributed by atoms with E-state index in [1.807, 2.05) is 6.07 Å². The van der Waals surface area contributed by atoms with E-state index in [2.05, 4.69) is 0 Å². The third-order valence-electron chi connectivity index (χ3n) is 2.57. The van der Waals surface area contributed by atoms with Gasteiger partial charge >= 0.3 is 0 Å². The van der Waals surface area contributed by atoms with Crippen molar-refractivity contribution >= 4 is 17.9 Å². The van der Waals surface area contributed by atoms with Gasteiger partial charge in [-0.15, -0.1) is 0 Å². The quantitative estimate of drug-likeness (QED) is 0.628. The maximum atomic E-state index is 10.6. The van der Waals surface area contributed by atoms with Gasteiger partial charge in [-0.1, -0.05) is 11.6 Å². The zero-order valence-corrected chi connectivity index (χ0v) is 8.10. The van der Waals surface area contributed by atoms with Gasteiger partial charge in [-0.25, -0.2) is 0 Å². The second-order valence-electron chi connectivity index (χ2n) is 3.47. The molecule has 0 atom stereocenters. The number of carbonyl (C=O) groups excluding carboxylic acids is 1. The summed E-state index contributed by atoms with van der Waals surface area (Å²) in [7, 11) is 0. The first-order valence-electron chi connectivity index (χ1n) is 4.58. The van der Waals surface area contributed by atoms with Crippen LogP contribution in [0.4, 0.5) is 0 Å². The number of hydrogen-bond acceptors (Lipinski definition) is 1. The molecule has 68 valence electrons. The van der Waals surface area contributed by atoms with Crippen molar-refractivity contribution in [1.29, 1.82) is 0 Å². The van der Waals surface area contributed by atoms with Crippen LogP contribution in [0.3, 0.4) is 0 Å². The molecule has 1 nitrogen and oxygen atoms in total. The van der Waals surface area contributed by atoms with Crippen LogP contribution < -0.4 is 0 Å². The third kappa shape index (κ3) is 1.61. The molecule has 0 amide bonds. The number of rotatable bonds is 1. The van der Waals surface area contributed by atoms with Gasteiger partial charge in [0.2, 0.25) is 0 Å². The Hall–Kier alpha value is -0.820. The molecule has 0 unspecified atom stereocenters. The highest BCUT2D eigenvalue weighted by atomic mass is 35.5. The minimum absolute atomic E-state index is 0.700. The minimum atomic E-state index is 0.700. The van der Waals surface area contributed by atoms with Crippen LogP contribution in [0.15, 0.2) is 12.1 Å². The monoisotopic (exact) mass is 194 g/mol. The summed E-state index contributed by atoms with van der Waals surface area (Å²) in [6.45, 7) is 0. The van der Waals surface area contributed by atoms with Crippen LogP contribution >= 0.6 is 11.6 Å². The molecule has 0 radical (unpaired) electrons. The molecule has 1 aromatic rings. The smallest absolute Gasteiger partial charge is 0.150 e. The van der Waals surface area contributed by atoms with Gasteiger partial charge in [0.05, 0.1) is 0 Å². The van der Waals surface area contributed by atoms with Crippen molar-refractivity contribution in [2.75, 3.05) is 0 Å². The third-order valence-corrected chi connectivity index (χ3v) is 2.91. The average molecular weight is 195 g/mol. The van der Waals surface area contributed by atoms with Crippen LogP contribution in [0.2, 0.25) is 5.02 Å². The van der Waals surface area contributed by atoms with Crippen molar-refractivity contribution < 1.29 is 4.79 Å². The zero-order valence-electron chi connectivity index (χ0n) is 7.35. The Balaban J connectivity index is 2.52. The minimum Gasteiger partial charge on any atom is -0.298 e. The van der Waals surface area contributed by atoms with Gasteiger partial charge in [-0.05, 0) is 48.9 Å². The van der Waals surface area contributed by atoms with Gasteiger partial charge in [0, 0.05) is 10.6 Å². The van der Waals surface area contributed by atoms with Crippen molar-refractivity contribution in [1.82, 2.24) is 0 Å². The van der Waals surface area contributed by atoms with E-state index in [4.69, 9.17) is 11.6 Å². The summed E-state index contributed by atoms with van der Waals surface area (Å²) in [6.07, 6.45) is 5.42. The fraction of sp³-hybridized carbons (Fsp3) is 0.364. The molecule has 2 rings (SSSR count). The predicted molar refractivity (Wildman–Crippen MR) is 53.5 cm³/mol. The van der Waals surface area contributed by atoms with Crippen LogP contribution in [-0.4, -0.2) is 6.29 Å². The van der Waals surface area contributed by atoms with E-state index in [1.165, 1.54) is 24.0 Å². The lowest BCUT2D eigenvalue weighted by Gasteiger charge is -2.17. The van der Waals surface area contributed by atoms with Gasteiger partial charge in [-0.3, -0.25) is 4.79 Å². The lowest BCUT2D eigenvalue weighted by Crippen LogP contribution is -2.04. The molecule has 13 heavy (non-hydrogen) atoms. The first-order chi connectivity index (χ1) is 6.31. The normalized spacial score (nSPS) is 15.2. The van der Waals surface area contributed by atoms with Crippen molar-refractivity contribution in [2.45, 2.75) is 25.7 Å². The largest absolute Gasteiger partial charge is 0.298 e. The summed E-state index contributed by atoms with van der Waals surface area (Å²) in [6, 6.07) is 3.73. The average Bonchev–Trinajstić information content (AvgIpc) is 2.18. The molecule has 0 fully saturated rings. The Bertz CT molecular complexity index is 344. The highest BCUT2D eigenvalue weighted by Crippen LogP contribution is 2.28. The first-order valence-corrected chi connectivity index (χ1v) is 4.95. The lowest BCUT2D eigenvalue weighted by molar-refractivity contribution is 0.112. The summed E-state index contributed by atoms with van der Waals surface area (Å²) in [5.41, 5.74) is 3.21. The Morgan fingerprint density at radius 2 is 2.00 bits per heavy atom. The zero-order chi connectivity index (χ0) is 9.26. The van der Waals surface area contributed by atoms with E-state index in [0.29, 0.717) is 5.56 Å². The number of aldehydes is 1. The molecular weight excluding hydrogens is 184 g/mol. The van der Waals surface area contributed by atoms with Crippen LogP contribution in [0.5, 0.6) is 0 Å².